The SMILES string of the molecule is CCCN(CC(=O)Nc1cc(Cl)ccc1Cl)C(=O)Cc1ccc(OC)cc1OC. The first-order valence-electron chi connectivity index (χ1n) is 9.11. The molecule has 2 amide bonds. The summed E-state index contributed by atoms with van der Waals surface area (Å²) in [6.07, 6.45) is 0.828. The predicted molar refractivity (Wildman–Crippen MR) is 115 cm³/mol. The minimum atomic E-state index is -0.349. The van der Waals surface area contributed by atoms with Gasteiger partial charge in [0.15, 0.2) is 0 Å². The molecule has 0 radical (unpaired) electrons. The fraction of sp³-hybridized carbons (Fsp3) is 0.333. The van der Waals surface area contributed by atoms with Gasteiger partial charge < -0.3 is 19.7 Å². The van der Waals surface area contributed by atoms with Crippen LogP contribution in [0.3, 0.4) is 0 Å². The summed E-state index contributed by atoms with van der Waals surface area (Å²) >= 11 is 12.0. The summed E-state index contributed by atoms with van der Waals surface area (Å²) in [4.78, 5) is 26.8. The summed E-state index contributed by atoms with van der Waals surface area (Å²) in [7, 11) is 3.10. The van der Waals surface area contributed by atoms with Gasteiger partial charge in [0, 0.05) is 23.2 Å². The Bertz CT molecular complexity index is 874. The van der Waals surface area contributed by atoms with E-state index in [1.807, 2.05) is 6.92 Å². The third-order valence-corrected chi connectivity index (χ3v) is 4.78. The van der Waals surface area contributed by atoms with Crippen LogP contribution >= 0.6 is 23.2 Å². The number of ether oxygens (including phenoxy) is 2. The predicted octanol–water partition coefficient (Wildman–Crippen LogP) is 4.43. The highest BCUT2D eigenvalue weighted by atomic mass is 35.5. The molecule has 0 unspecified atom stereocenters. The largest absolute Gasteiger partial charge is 0.497 e. The van der Waals surface area contributed by atoms with Crippen LogP contribution in [0, 0.1) is 0 Å². The van der Waals surface area contributed by atoms with Crippen molar-refractivity contribution in [3.63, 3.8) is 0 Å². The van der Waals surface area contributed by atoms with Gasteiger partial charge in [-0.25, -0.2) is 0 Å². The van der Waals surface area contributed by atoms with E-state index < -0.39 is 0 Å². The van der Waals surface area contributed by atoms with E-state index in [4.69, 9.17) is 32.7 Å². The highest BCUT2D eigenvalue weighted by molar-refractivity contribution is 6.35. The summed E-state index contributed by atoms with van der Waals surface area (Å²) in [5.74, 6) is 0.672. The summed E-state index contributed by atoms with van der Waals surface area (Å²) in [6.45, 7) is 2.31. The molecule has 1 N–H and O–H groups in total. The van der Waals surface area contributed by atoms with Crippen LogP contribution < -0.4 is 14.8 Å². The van der Waals surface area contributed by atoms with E-state index in [0.29, 0.717) is 33.8 Å². The minimum absolute atomic E-state index is 0.0893. The first kappa shape index (κ1) is 22.8. The van der Waals surface area contributed by atoms with Crippen LogP contribution in [0.25, 0.3) is 0 Å². The standard InChI is InChI=1S/C21H24Cl2N2O4/c1-4-9-25(13-20(26)24-18-11-15(22)6-8-17(18)23)21(27)10-14-5-7-16(28-2)12-19(14)29-3/h5-8,11-12H,4,9-10,13H2,1-3H3,(H,24,26). The van der Waals surface area contributed by atoms with Gasteiger partial charge in [-0.1, -0.05) is 36.2 Å². The molecule has 0 aliphatic heterocycles. The molecule has 0 heterocycles. The maximum atomic E-state index is 12.8. The van der Waals surface area contributed by atoms with Crippen LogP contribution in [-0.2, 0) is 16.0 Å². The third-order valence-electron chi connectivity index (χ3n) is 4.22. The number of carbonyl (C=O) groups excluding carboxylic acids is 2. The van der Waals surface area contributed by atoms with Crippen LogP contribution in [-0.4, -0.2) is 44.0 Å². The highest BCUT2D eigenvalue weighted by Gasteiger charge is 2.19. The second-order valence-electron chi connectivity index (χ2n) is 6.34. The molecule has 0 fully saturated rings. The van der Waals surface area contributed by atoms with Crippen molar-refractivity contribution in [3.8, 4) is 11.5 Å². The Morgan fingerprint density at radius 1 is 1.07 bits per heavy atom. The first-order valence-corrected chi connectivity index (χ1v) is 9.87. The first-order chi connectivity index (χ1) is 13.9. The summed E-state index contributed by atoms with van der Waals surface area (Å²) in [5, 5.41) is 3.54. The average Bonchev–Trinajstić information content (AvgIpc) is 2.70. The zero-order valence-corrected chi connectivity index (χ0v) is 18.1. The van der Waals surface area contributed by atoms with E-state index in [9.17, 15) is 9.59 Å². The molecule has 156 valence electrons. The molecule has 0 aliphatic rings. The fourth-order valence-corrected chi connectivity index (χ4v) is 3.13. The lowest BCUT2D eigenvalue weighted by molar-refractivity contribution is -0.134. The zero-order valence-electron chi connectivity index (χ0n) is 16.6. The number of methoxy groups -OCH3 is 2. The van der Waals surface area contributed by atoms with E-state index in [-0.39, 0.29) is 24.8 Å². The Morgan fingerprint density at radius 3 is 2.48 bits per heavy atom. The number of hydrogen-bond acceptors (Lipinski definition) is 4. The Labute approximate surface area is 180 Å². The van der Waals surface area contributed by atoms with Gasteiger partial charge in [0.25, 0.3) is 0 Å². The van der Waals surface area contributed by atoms with Crippen molar-refractivity contribution in [2.24, 2.45) is 0 Å². The van der Waals surface area contributed by atoms with E-state index in [0.717, 1.165) is 12.0 Å². The lowest BCUT2D eigenvalue weighted by Gasteiger charge is -2.22. The van der Waals surface area contributed by atoms with Crippen molar-refractivity contribution < 1.29 is 19.1 Å². The molecule has 0 bridgehead atoms. The number of benzene rings is 2. The summed E-state index contributed by atoms with van der Waals surface area (Å²) in [5.41, 5.74) is 1.13. The zero-order chi connectivity index (χ0) is 21.4. The van der Waals surface area contributed by atoms with E-state index in [2.05, 4.69) is 5.32 Å². The van der Waals surface area contributed by atoms with Gasteiger partial charge in [-0.3, -0.25) is 9.59 Å². The van der Waals surface area contributed by atoms with Gasteiger partial charge in [-0.15, -0.1) is 0 Å². The van der Waals surface area contributed by atoms with Gasteiger partial charge >= 0.3 is 0 Å². The lowest BCUT2D eigenvalue weighted by Crippen LogP contribution is -2.39. The number of nitrogens with one attached hydrogen (secondary N) is 1. The van der Waals surface area contributed by atoms with E-state index in [1.54, 1.807) is 43.5 Å². The van der Waals surface area contributed by atoms with Crippen molar-refractivity contribution in [3.05, 3.63) is 52.0 Å². The van der Waals surface area contributed by atoms with Crippen LogP contribution in [0.15, 0.2) is 36.4 Å². The Kier molecular flexibility index (Phi) is 8.61. The normalized spacial score (nSPS) is 10.4. The highest BCUT2D eigenvalue weighted by Crippen LogP contribution is 2.26. The molecule has 8 heteroatoms. The maximum absolute atomic E-state index is 12.8. The molecule has 2 aromatic rings. The molecule has 0 aliphatic carbocycles. The van der Waals surface area contributed by atoms with Gasteiger partial charge in [0.05, 0.1) is 37.9 Å². The minimum Gasteiger partial charge on any atom is -0.497 e. The molecule has 6 nitrogen and oxygen atoms in total. The van der Waals surface area contributed by atoms with Gasteiger partial charge in [-0.05, 0) is 30.7 Å². The second kappa shape index (κ2) is 10.9. The Morgan fingerprint density at radius 2 is 1.83 bits per heavy atom. The van der Waals surface area contributed by atoms with Crippen LogP contribution in [0.5, 0.6) is 11.5 Å². The van der Waals surface area contributed by atoms with Crippen LogP contribution in [0.1, 0.15) is 18.9 Å². The third kappa shape index (κ3) is 6.54. The number of nitrogens with zero attached hydrogens (tertiary/aromatic N) is 1. The average molecular weight is 439 g/mol. The van der Waals surface area contributed by atoms with E-state index in [1.165, 1.54) is 12.0 Å². The van der Waals surface area contributed by atoms with Crippen LogP contribution in [0.4, 0.5) is 5.69 Å². The van der Waals surface area contributed by atoms with Crippen molar-refractivity contribution in [2.75, 3.05) is 32.6 Å². The van der Waals surface area contributed by atoms with Crippen molar-refractivity contribution in [2.45, 2.75) is 19.8 Å². The molecule has 2 rings (SSSR count). The fourth-order valence-electron chi connectivity index (χ4n) is 2.79. The number of amides is 2. The molecule has 0 aromatic heterocycles. The maximum Gasteiger partial charge on any atom is 0.244 e. The number of halogens is 2. The van der Waals surface area contributed by atoms with Crippen molar-refractivity contribution in [1.29, 1.82) is 0 Å². The van der Waals surface area contributed by atoms with Gasteiger partial charge in [0.2, 0.25) is 11.8 Å². The molecular weight excluding hydrogens is 415 g/mol. The Balaban J connectivity index is 2.09. The molecule has 0 atom stereocenters. The second-order valence-corrected chi connectivity index (χ2v) is 7.19. The molecule has 2 aromatic carbocycles. The molecule has 0 spiro atoms. The smallest absolute Gasteiger partial charge is 0.244 e. The number of hydrogen-bond donors (Lipinski definition) is 1. The topological polar surface area (TPSA) is 67.9 Å². The molecule has 0 saturated carbocycles. The quantitative estimate of drug-likeness (QED) is 0.628. The van der Waals surface area contributed by atoms with Crippen molar-refractivity contribution in [1.82, 2.24) is 4.90 Å². The number of rotatable bonds is 9. The monoisotopic (exact) mass is 438 g/mol. The van der Waals surface area contributed by atoms with Crippen LogP contribution in [0.2, 0.25) is 10.0 Å². The number of carbonyl (C=O) groups is 2. The summed E-state index contributed by atoms with van der Waals surface area (Å²) in [6, 6.07) is 10.1. The lowest BCUT2D eigenvalue weighted by atomic mass is 10.1. The summed E-state index contributed by atoms with van der Waals surface area (Å²) < 4.78 is 10.5. The molecule has 29 heavy (non-hydrogen) atoms. The van der Waals surface area contributed by atoms with E-state index >= 15 is 0 Å². The molecular formula is C21H24Cl2N2O4. The Hall–Kier alpha value is -2.44. The van der Waals surface area contributed by atoms with Crippen molar-refractivity contribution >= 4 is 40.7 Å². The number of anilines is 1. The van der Waals surface area contributed by atoms with Gasteiger partial charge in [0.1, 0.15) is 11.5 Å². The van der Waals surface area contributed by atoms with Gasteiger partial charge in [-0.2, -0.15) is 0 Å². The molecule has 0 saturated heterocycles.